The number of rotatable bonds is 9. The molecule has 1 amide bonds. The van der Waals surface area contributed by atoms with Gasteiger partial charge in [-0.1, -0.05) is 12.2 Å². The number of likely N-dealkylation sites (N-methyl/N-ethyl adjacent to an activating group) is 1. The molecule has 128 valence electrons. The van der Waals surface area contributed by atoms with Gasteiger partial charge >= 0.3 is 0 Å². The summed E-state index contributed by atoms with van der Waals surface area (Å²) in [5.41, 5.74) is 1.67. The Kier molecular flexibility index (Phi) is 7.25. The molecule has 0 heterocycles. The van der Waals surface area contributed by atoms with Crippen molar-refractivity contribution in [2.45, 2.75) is 13.8 Å². The summed E-state index contributed by atoms with van der Waals surface area (Å²) in [6, 6.07) is 3.54. The van der Waals surface area contributed by atoms with Gasteiger partial charge in [0.25, 0.3) is 0 Å². The minimum absolute atomic E-state index is 0.00394. The van der Waals surface area contributed by atoms with Gasteiger partial charge < -0.3 is 24.4 Å². The van der Waals surface area contributed by atoms with Crippen LogP contribution in [0.1, 0.15) is 13.8 Å². The molecule has 1 aromatic carbocycles. The predicted octanol–water partition coefficient (Wildman–Crippen LogP) is 2.55. The molecule has 0 saturated carbocycles. The summed E-state index contributed by atoms with van der Waals surface area (Å²) >= 11 is 0. The summed E-state index contributed by atoms with van der Waals surface area (Å²) < 4.78 is 15.9. The second-order valence-electron chi connectivity index (χ2n) is 5.13. The quantitative estimate of drug-likeness (QED) is 0.708. The largest absolute Gasteiger partial charge is 0.493 e. The van der Waals surface area contributed by atoms with Crippen molar-refractivity contribution in [2.75, 3.05) is 46.3 Å². The molecule has 1 rings (SSSR count). The molecule has 6 heteroatoms. The van der Waals surface area contributed by atoms with E-state index in [1.54, 1.807) is 38.4 Å². The lowest BCUT2D eigenvalue weighted by Crippen LogP contribution is -2.36. The number of methoxy groups -OCH3 is 3. The van der Waals surface area contributed by atoms with E-state index in [0.717, 1.165) is 11.3 Å². The number of hydrogen-bond acceptors (Lipinski definition) is 5. The van der Waals surface area contributed by atoms with Crippen molar-refractivity contribution in [1.29, 1.82) is 0 Å². The Bertz CT molecular complexity index is 533. The van der Waals surface area contributed by atoms with E-state index in [1.165, 1.54) is 0 Å². The van der Waals surface area contributed by atoms with Crippen molar-refractivity contribution in [3.63, 3.8) is 0 Å². The minimum atomic E-state index is 0.00394. The molecule has 0 aromatic heterocycles. The highest BCUT2D eigenvalue weighted by Crippen LogP contribution is 2.39. The van der Waals surface area contributed by atoms with Crippen LogP contribution < -0.4 is 19.5 Å². The first-order valence-electron chi connectivity index (χ1n) is 7.42. The zero-order valence-corrected chi connectivity index (χ0v) is 14.6. The standard InChI is InChI=1S/C17H26N2O4/c1-7-19(11-12(2)3)16(20)10-18-13-8-14(21-4)17(23-6)15(9-13)22-5/h8-9,18H,2,7,10-11H2,1,3-6H3. The molecule has 0 aliphatic heterocycles. The summed E-state index contributed by atoms with van der Waals surface area (Å²) in [5, 5.41) is 3.10. The molecule has 0 atom stereocenters. The van der Waals surface area contributed by atoms with Crippen LogP contribution in [0.3, 0.4) is 0 Å². The molecular formula is C17H26N2O4. The maximum absolute atomic E-state index is 12.3. The van der Waals surface area contributed by atoms with E-state index in [-0.39, 0.29) is 12.5 Å². The Morgan fingerprint density at radius 1 is 1.17 bits per heavy atom. The Balaban J connectivity index is 2.85. The summed E-state index contributed by atoms with van der Waals surface area (Å²) in [5.74, 6) is 1.60. The zero-order valence-electron chi connectivity index (χ0n) is 14.6. The molecular weight excluding hydrogens is 296 g/mol. The minimum Gasteiger partial charge on any atom is -0.493 e. The molecule has 1 aromatic rings. The smallest absolute Gasteiger partial charge is 0.242 e. The van der Waals surface area contributed by atoms with E-state index in [2.05, 4.69) is 11.9 Å². The normalized spacial score (nSPS) is 9.96. The molecule has 23 heavy (non-hydrogen) atoms. The van der Waals surface area contributed by atoms with Gasteiger partial charge in [0.05, 0.1) is 27.9 Å². The van der Waals surface area contributed by atoms with Gasteiger partial charge in [0.1, 0.15) is 0 Å². The van der Waals surface area contributed by atoms with Crippen LogP contribution in [0.2, 0.25) is 0 Å². The predicted molar refractivity (Wildman–Crippen MR) is 91.7 cm³/mol. The topological polar surface area (TPSA) is 60.0 Å². The van der Waals surface area contributed by atoms with E-state index >= 15 is 0 Å². The Labute approximate surface area is 138 Å². The van der Waals surface area contributed by atoms with Gasteiger partial charge in [0.15, 0.2) is 11.5 Å². The van der Waals surface area contributed by atoms with E-state index in [0.29, 0.717) is 30.3 Å². The molecule has 0 fully saturated rings. The van der Waals surface area contributed by atoms with Crippen LogP contribution in [0.25, 0.3) is 0 Å². The maximum Gasteiger partial charge on any atom is 0.242 e. The first-order valence-corrected chi connectivity index (χ1v) is 7.42. The Morgan fingerprint density at radius 2 is 1.74 bits per heavy atom. The van der Waals surface area contributed by atoms with Crippen molar-refractivity contribution < 1.29 is 19.0 Å². The second kappa shape index (κ2) is 8.92. The highest BCUT2D eigenvalue weighted by atomic mass is 16.5. The van der Waals surface area contributed by atoms with Gasteiger partial charge in [-0.2, -0.15) is 0 Å². The number of benzene rings is 1. The fourth-order valence-electron chi connectivity index (χ4n) is 2.17. The second-order valence-corrected chi connectivity index (χ2v) is 5.13. The van der Waals surface area contributed by atoms with Crippen LogP contribution >= 0.6 is 0 Å². The number of hydrogen-bond donors (Lipinski definition) is 1. The Hall–Kier alpha value is -2.37. The van der Waals surface area contributed by atoms with E-state index in [4.69, 9.17) is 14.2 Å². The molecule has 0 unspecified atom stereocenters. The summed E-state index contributed by atoms with van der Waals surface area (Å²) in [7, 11) is 4.66. The lowest BCUT2D eigenvalue weighted by Gasteiger charge is -2.22. The highest BCUT2D eigenvalue weighted by Gasteiger charge is 2.15. The van der Waals surface area contributed by atoms with Gasteiger partial charge in [-0.3, -0.25) is 4.79 Å². The van der Waals surface area contributed by atoms with Crippen LogP contribution in [0.4, 0.5) is 5.69 Å². The van der Waals surface area contributed by atoms with Crippen molar-refractivity contribution in [1.82, 2.24) is 4.90 Å². The highest BCUT2D eigenvalue weighted by molar-refractivity contribution is 5.81. The lowest BCUT2D eigenvalue weighted by atomic mass is 10.2. The SMILES string of the molecule is C=C(C)CN(CC)C(=O)CNc1cc(OC)c(OC)c(OC)c1. The molecule has 0 bridgehead atoms. The van der Waals surface area contributed by atoms with E-state index < -0.39 is 0 Å². The van der Waals surface area contributed by atoms with Crippen molar-refractivity contribution in [2.24, 2.45) is 0 Å². The molecule has 6 nitrogen and oxygen atoms in total. The van der Waals surface area contributed by atoms with Crippen molar-refractivity contribution in [3.8, 4) is 17.2 Å². The fraction of sp³-hybridized carbons (Fsp3) is 0.471. The molecule has 0 aliphatic rings. The molecule has 0 aliphatic carbocycles. The number of nitrogens with zero attached hydrogens (tertiary/aromatic N) is 1. The summed E-state index contributed by atoms with van der Waals surface area (Å²) in [6.07, 6.45) is 0. The third-order valence-electron chi connectivity index (χ3n) is 3.30. The number of nitrogens with one attached hydrogen (secondary N) is 1. The van der Waals surface area contributed by atoms with Crippen LogP contribution in [0.5, 0.6) is 17.2 Å². The average Bonchev–Trinajstić information content (AvgIpc) is 2.55. The van der Waals surface area contributed by atoms with Crippen molar-refractivity contribution >= 4 is 11.6 Å². The Morgan fingerprint density at radius 3 is 2.13 bits per heavy atom. The fourth-order valence-corrected chi connectivity index (χ4v) is 2.17. The number of anilines is 1. The molecule has 0 saturated heterocycles. The molecule has 0 radical (unpaired) electrons. The van der Waals surface area contributed by atoms with Gasteiger partial charge in [-0.25, -0.2) is 0 Å². The monoisotopic (exact) mass is 322 g/mol. The van der Waals surface area contributed by atoms with Gasteiger partial charge in [-0.15, -0.1) is 0 Å². The molecule has 1 N–H and O–H groups in total. The van der Waals surface area contributed by atoms with E-state index in [1.807, 2.05) is 13.8 Å². The third-order valence-corrected chi connectivity index (χ3v) is 3.30. The van der Waals surface area contributed by atoms with Gasteiger partial charge in [0, 0.05) is 30.9 Å². The molecule has 0 spiro atoms. The summed E-state index contributed by atoms with van der Waals surface area (Å²) in [6.45, 7) is 9.08. The van der Waals surface area contributed by atoms with Crippen LogP contribution in [-0.4, -0.2) is 51.8 Å². The van der Waals surface area contributed by atoms with Crippen LogP contribution in [0.15, 0.2) is 24.3 Å². The van der Waals surface area contributed by atoms with Crippen LogP contribution in [0, 0.1) is 0 Å². The third kappa shape index (κ3) is 5.09. The van der Waals surface area contributed by atoms with Crippen molar-refractivity contribution in [3.05, 3.63) is 24.3 Å². The van der Waals surface area contributed by atoms with E-state index in [9.17, 15) is 4.79 Å². The lowest BCUT2D eigenvalue weighted by molar-refractivity contribution is -0.128. The first kappa shape index (κ1) is 18.7. The van der Waals surface area contributed by atoms with Gasteiger partial charge in [0.2, 0.25) is 11.7 Å². The maximum atomic E-state index is 12.3. The number of carbonyl (C=O) groups excluding carboxylic acids is 1. The number of carbonyl (C=O) groups is 1. The summed E-state index contributed by atoms with van der Waals surface area (Å²) in [4.78, 5) is 14.0. The first-order chi connectivity index (χ1) is 11.0. The van der Waals surface area contributed by atoms with Crippen LogP contribution in [-0.2, 0) is 4.79 Å². The number of amides is 1. The average molecular weight is 322 g/mol. The van der Waals surface area contributed by atoms with Gasteiger partial charge in [-0.05, 0) is 13.8 Å². The number of ether oxygens (including phenoxy) is 3. The zero-order chi connectivity index (χ0) is 17.4.